The van der Waals surface area contributed by atoms with Crippen molar-refractivity contribution in [3.8, 4) is 16.9 Å². The third-order valence-electron chi connectivity index (χ3n) is 7.51. The molecule has 1 saturated carbocycles. The Labute approximate surface area is 214 Å². The summed E-state index contributed by atoms with van der Waals surface area (Å²) in [4.78, 5) is 25.8. The standard InChI is InChI=1S/C29H30F3NO4/c1-18(34)33(23-15-21-6-4-5-11-28(21,2)16-23)17-20-14-22(29(30,31)32)8-9-24(20)25-12-19(13-27(35)36)7-10-26(25)37-3/h4-12,14,21,23H,13,15-17H2,1-3H3,(H,35,36). The highest BCUT2D eigenvalue weighted by Crippen LogP contribution is 2.49. The van der Waals surface area contributed by atoms with Crippen molar-refractivity contribution in [2.45, 2.75) is 51.9 Å². The number of fused-ring (bicyclic) bond motifs is 1. The smallest absolute Gasteiger partial charge is 0.416 e. The summed E-state index contributed by atoms with van der Waals surface area (Å²) in [6.45, 7) is 3.57. The van der Waals surface area contributed by atoms with Crippen LogP contribution in [0, 0.1) is 11.3 Å². The van der Waals surface area contributed by atoms with Crippen LogP contribution in [0.5, 0.6) is 5.75 Å². The zero-order valence-electron chi connectivity index (χ0n) is 21.0. The van der Waals surface area contributed by atoms with Gasteiger partial charge in [-0.2, -0.15) is 13.2 Å². The zero-order valence-corrected chi connectivity index (χ0v) is 21.0. The molecular weight excluding hydrogens is 483 g/mol. The average molecular weight is 514 g/mol. The number of hydrogen-bond donors (Lipinski definition) is 1. The van der Waals surface area contributed by atoms with Gasteiger partial charge >= 0.3 is 12.1 Å². The van der Waals surface area contributed by atoms with Crippen molar-refractivity contribution in [1.82, 2.24) is 4.90 Å². The van der Waals surface area contributed by atoms with Crippen molar-refractivity contribution >= 4 is 11.9 Å². The van der Waals surface area contributed by atoms with Crippen LogP contribution in [0.3, 0.4) is 0 Å². The number of carbonyl (C=O) groups excluding carboxylic acids is 1. The van der Waals surface area contributed by atoms with E-state index in [4.69, 9.17) is 4.74 Å². The number of halogens is 3. The van der Waals surface area contributed by atoms with Crippen LogP contribution in [0.4, 0.5) is 13.2 Å². The number of carboxylic acids is 1. The van der Waals surface area contributed by atoms with Crippen LogP contribution < -0.4 is 4.74 Å². The highest BCUT2D eigenvalue weighted by molar-refractivity contribution is 5.78. The lowest BCUT2D eigenvalue weighted by molar-refractivity contribution is -0.138. The summed E-state index contributed by atoms with van der Waals surface area (Å²) in [5.74, 6) is -0.585. The van der Waals surface area contributed by atoms with Crippen LogP contribution in [0.1, 0.15) is 43.4 Å². The van der Waals surface area contributed by atoms with Crippen LogP contribution in [-0.2, 0) is 28.7 Å². The monoisotopic (exact) mass is 513 g/mol. The van der Waals surface area contributed by atoms with Crippen molar-refractivity contribution in [3.63, 3.8) is 0 Å². The van der Waals surface area contributed by atoms with Gasteiger partial charge in [-0.15, -0.1) is 0 Å². The van der Waals surface area contributed by atoms with E-state index in [0.29, 0.717) is 34.4 Å². The molecule has 2 aliphatic carbocycles. The predicted molar refractivity (Wildman–Crippen MR) is 134 cm³/mol. The van der Waals surface area contributed by atoms with Gasteiger partial charge in [0, 0.05) is 25.1 Å². The van der Waals surface area contributed by atoms with Crippen molar-refractivity contribution in [1.29, 1.82) is 0 Å². The van der Waals surface area contributed by atoms with E-state index in [2.05, 4.69) is 19.1 Å². The molecule has 5 nitrogen and oxygen atoms in total. The highest BCUT2D eigenvalue weighted by atomic mass is 19.4. The fraction of sp³-hybridized carbons (Fsp3) is 0.379. The highest BCUT2D eigenvalue weighted by Gasteiger charge is 2.44. The second-order valence-electron chi connectivity index (χ2n) is 10.1. The van der Waals surface area contributed by atoms with E-state index >= 15 is 0 Å². The molecule has 1 amide bonds. The molecule has 0 aliphatic heterocycles. The maximum Gasteiger partial charge on any atom is 0.416 e. The molecular formula is C29H30F3NO4. The number of ether oxygens (including phenoxy) is 1. The average Bonchev–Trinajstić information content (AvgIpc) is 3.18. The number of carbonyl (C=O) groups is 2. The summed E-state index contributed by atoms with van der Waals surface area (Å²) in [6, 6.07) is 8.17. The van der Waals surface area contributed by atoms with E-state index in [0.717, 1.165) is 18.6 Å². The van der Waals surface area contributed by atoms with Crippen LogP contribution in [-0.4, -0.2) is 35.0 Å². The van der Waals surface area contributed by atoms with E-state index in [1.807, 2.05) is 12.2 Å². The molecule has 0 saturated heterocycles. The van der Waals surface area contributed by atoms with Crippen molar-refractivity contribution < 1.29 is 32.6 Å². The first-order valence-electron chi connectivity index (χ1n) is 12.1. The van der Waals surface area contributed by atoms with Gasteiger partial charge in [0.05, 0.1) is 19.1 Å². The molecule has 37 heavy (non-hydrogen) atoms. The molecule has 196 valence electrons. The fourth-order valence-corrected chi connectivity index (χ4v) is 5.60. The molecule has 0 heterocycles. The summed E-state index contributed by atoms with van der Waals surface area (Å²) in [5.41, 5.74) is 0.827. The molecule has 3 unspecified atom stereocenters. The third kappa shape index (κ3) is 5.58. The summed E-state index contributed by atoms with van der Waals surface area (Å²) >= 11 is 0. The Bertz CT molecular complexity index is 1270. The molecule has 1 fully saturated rings. The lowest BCUT2D eigenvalue weighted by Crippen LogP contribution is -2.37. The van der Waals surface area contributed by atoms with Gasteiger partial charge in [-0.3, -0.25) is 9.59 Å². The van der Waals surface area contributed by atoms with Gasteiger partial charge in [-0.25, -0.2) is 0 Å². The van der Waals surface area contributed by atoms with E-state index in [1.165, 1.54) is 20.1 Å². The minimum atomic E-state index is -4.56. The molecule has 2 aromatic carbocycles. The van der Waals surface area contributed by atoms with Crippen LogP contribution in [0.2, 0.25) is 0 Å². The Morgan fingerprint density at radius 3 is 2.51 bits per heavy atom. The van der Waals surface area contributed by atoms with Crippen LogP contribution in [0.25, 0.3) is 11.1 Å². The molecule has 3 atom stereocenters. The summed E-state index contributed by atoms with van der Waals surface area (Å²) < 4.78 is 46.6. The van der Waals surface area contributed by atoms with Crippen LogP contribution in [0.15, 0.2) is 60.7 Å². The van der Waals surface area contributed by atoms with Crippen molar-refractivity contribution in [3.05, 3.63) is 77.4 Å². The Morgan fingerprint density at radius 1 is 1.14 bits per heavy atom. The molecule has 8 heteroatoms. The number of nitrogens with zero attached hydrogens (tertiary/aromatic N) is 1. The molecule has 0 spiro atoms. The molecule has 4 rings (SSSR count). The predicted octanol–water partition coefficient (Wildman–Crippen LogP) is 6.27. The Balaban J connectivity index is 1.79. The van der Waals surface area contributed by atoms with Gasteiger partial charge in [-0.05, 0) is 65.1 Å². The molecule has 2 aliphatic rings. The maximum absolute atomic E-state index is 13.7. The fourth-order valence-electron chi connectivity index (χ4n) is 5.60. The minimum Gasteiger partial charge on any atom is -0.496 e. The lowest BCUT2D eigenvalue weighted by atomic mass is 9.77. The zero-order chi connectivity index (χ0) is 27.0. The van der Waals surface area contributed by atoms with Gasteiger partial charge in [0.25, 0.3) is 0 Å². The largest absolute Gasteiger partial charge is 0.496 e. The normalized spacial score (nSPS) is 22.5. The number of allylic oxidation sites excluding steroid dienone is 4. The van der Waals surface area contributed by atoms with Gasteiger partial charge in [-0.1, -0.05) is 43.4 Å². The second kappa shape index (κ2) is 10.1. The number of rotatable bonds is 7. The second-order valence-corrected chi connectivity index (χ2v) is 10.1. The molecule has 0 bridgehead atoms. The van der Waals surface area contributed by atoms with Gasteiger partial charge < -0.3 is 14.7 Å². The van der Waals surface area contributed by atoms with Crippen LogP contribution >= 0.6 is 0 Å². The number of amides is 1. The van der Waals surface area contributed by atoms with E-state index in [9.17, 15) is 27.9 Å². The quantitative estimate of drug-likeness (QED) is 0.474. The molecule has 1 N–H and O–H groups in total. The SMILES string of the molecule is COc1ccc(CC(=O)O)cc1-c1ccc(C(F)(F)F)cc1CN(C(C)=O)C1CC2C=CC=CC2(C)C1. The number of aliphatic carboxylic acids is 1. The Morgan fingerprint density at radius 2 is 1.89 bits per heavy atom. The van der Waals surface area contributed by atoms with Crippen molar-refractivity contribution in [2.75, 3.05) is 7.11 Å². The van der Waals surface area contributed by atoms with E-state index in [1.54, 1.807) is 23.1 Å². The number of hydrogen-bond acceptors (Lipinski definition) is 3. The Hall–Kier alpha value is -3.55. The first kappa shape index (κ1) is 26.5. The van der Waals surface area contributed by atoms with Gasteiger partial charge in [0.15, 0.2) is 0 Å². The summed E-state index contributed by atoms with van der Waals surface area (Å²) in [6.07, 6.45) is 4.90. The number of carboxylic acid groups (broad SMARTS) is 1. The van der Waals surface area contributed by atoms with E-state index < -0.39 is 17.7 Å². The van der Waals surface area contributed by atoms with Gasteiger partial charge in [0.2, 0.25) is 5.91 Å². The summed E-state index contributed by atoms with van der Waals surface area (Å²) in [5, 5.41) is 9.24. The molecule has 0 aromatic heterocycles. The third-order valence-corrected chi connectivity index (χ3v) is 7.51. The Kier molecular flexibility index (Phi) is 7.22. The van der Waals surface area contributed by atoms with E-state index in [-0.39, 0.29) is 36.2 Å². The maximum atomic E-state index is 13.7. The first-order valence-corrected chi connectivity index (χ1v) is 12.1. The van der Waals surface area contributed by atoms with Crippen molar-refractivity contribution in [2.24, 2.45) is 11.3 Å². The minimum absolute atomic E-state index is 0.0121. The lowest BCUT2D eigenvalue weighted by Gasteiger charge is -2.31. The number of methoxy groups -OCH3 is 1. The van der Waals surface area contributed by atoms with Gasteiger partial charge in [0.1, 0.15) is 5.75 Å². The molecule has 0 radical (unpaired) electrons. The topological polar surface area (TPSA) is 66.8 Å². The number of alkyl halides is 3. The number of benzene rings is 2. The summed E-state index contributed by atoms with van der Waals surface area (Å²) in [7, 11) is 1.45. The first-order chi connectivity index (χ1) is 17.4. The molecule has 2 aromatic rings.